The van der Waals surface area contributed by atoms with Gasteiger partial charge in [-0.15, -0.1) is 19.7 Å². The highest BCUT2D eigenvalue weighted by molar-refractivity contribution is 7.94. The molecule has 6 aromatic rings. The quantitative estimate of drug-likeness (QED) is 0.0213. The minimum atomic E-state index is -1.05. The first-order valence-corrected chi connectivity index (χ1v) is 17.5. The second-order valence-corrected chi connectivity index (χ2v) is 12.4. The molecule has 0 spiro atoms. The third kappa shape index (κ3) is 9.49. The van der Waals surface area contributed by atoms with Gasteiger partial charge in [0.25, 0.3) is 5.95 Å². The molecule has 58 heavy (non-hydrogen) atoms. The molecule has 0 atom stereocenters. The van der Waals surface area contributed by atoms with Crippen molar-refractivity contribution in [3.8, 4) is 17.2 Å². The number of phenols is 1. The van der Waals surface area contributed by atoms with Crippen molar-refractivity contribution in [2.45, 2.75) is 18.7 Å². The first-order chi connectivity index (χ1) is 28.1. The number of fused-ring (bicyclic) bond motifs is 1. The molecule has 0 aliphatic carbocycles. The van der Waals surface area contributed by atoms with Gasteiger partial charge in [0.05, 0.1) is 53.8 Å². The second kappa shape index (κ2) is 18.4. The number of aromatic nitrogens is 3. The number of anilines is 2. The van der Waals surface area contributed by atoms with Gasteiger partial charge in [-0.05, 0) is 74.0 Å². The molecule has 1 aromatic heterocycles. The number of aromatic amines is 1. The smallest absolute Gasteiger partial charge is 0.351 e. The first kappa shape index (κ1) is 40.2. The standard InChI is InChI=1S/C37H31N11O9S/c1-5-38-35-40-36(42-37(52)41-35)39-26-8-6-7-23-24(26)16-31(58-57-56-53)32(33(23)49)48-44-22-13-14-25(19(2)15-22)45-47-28-18-29(54-3)27(17-30(28)55-4)46-43-21-11-9-20(10-12-21)34(50)51/h5-18,49,53H,1-4H3,(H,50,51)(H2,39,40,41,42,52). The summed E-state index contributed by atoms with van der Waals surface area (Å²) in [6, 6.07) is 20.7. The number of hydrogen-bond acceptors (Lipinski definition) is 19. The van der Waals surface area contributed by atoms with Gasteiger partial charge in [-0.2, -0.15) is 25.3 Å². The van der Waals surface area contributed by atoms with E-state index in [2.05, 4.69) is 61.0 Å². The highest BCUT2D eigenvalue weighted by atomic mass is 32.2. The molecule has 294 valence electrons. The van der Waals surface area contributed by atoms with Crippen LogP contribution in [-0.2, 0) is 9.37 Å². The number of ether oxygens (including phenoxy) is 2. The molecule has 0 amide bonds. The van der Waals surface area contributed by atoms with Gasteiger partial charge in [0.2, 0.25) is 5.95 Å². The van der Waals surface area contributed by atoms with E-state index >= 15 is 0 Å². The van der Waals surface area contributed by atoms with Crippen molar-refractivity contribution in [2.24, 2.45) is 35.7 Å². The number of nitrogens with one attached hydrogen (secondary N) is 2. The zero-order valence-electron chi connectivity index (χ0n) is 30.8. The molecule has 0 aliphatic rings. The molecule has 1 heterocycles. The Kier molecular flexibility index (Phi) is 12.8. The molecule has 0 radical (unpaired) electrons. The molecule has 0 fully saturated rings. The minimum Gasteiger partial charge on any atom is -0.505 e. The zero-order chi connectivity index (χ0) is 41.2. The van der Waals surface area contributed by atoms with Gasteiger partial charge >= 0.3 is 11.7 Å². The fourth-order valence-corrected chi connectivity index (χ4v) is 5.74. The lowest BCUT2D eigenvalue weighted by molar-refractivity contribution is -0.432. The number of methoxy groups -OCH3 is 2. The van der Waals surface area contributed by atoms with E-state index < -0.39 is 11.7 Å². The van der Waals surface area contributed by atoms with Gasteiger partial charge in [0.15, 0.2) is 5.75 Å². The van der Waals surface area contributed by atoms with E-state index in [9.17, 15) is 14.7 Å². The van der Waals surface area contributed by atoms with Gasteiger partial charge in [-0.1, -0.05) is 17.2 Å². The van der Waals surface area contributed by atoms with Crippen LogP contribution in [0.2, 0.25) is 0 Å². The summed E-state index contributed by atoms with van der Waals surface area (Å²) < 4.78 is 15.7. The Balaban J connectivity index is 1.25. The average molecular weight is 806 g/mol. The summed E-state index contributed by atoms with van der Waals surface area (Å²) in [5.74, 6) is -0.633. The van der Waals surface area contributed by atoms with E-state index in [0.717, 1.165) is 0 Å². The fraction of sp³-hybridized carbons (Fsp3) is 0.108. The lowest BCUT2D eigenvalue weighted by Gasteiger charge is -2.13. The fourth-order valence-electron chi connectivity index (χ4n) is 5.26. The largest absolute Gasteiger partial charge is 0.505 e. The Bertz CT molecular complexity index is 2670. The van der Waals surface area contributed by atoms with E-state index in [-0.39, 0.29) is 33.8 Å². The van der Waals surface area contributed by atoms with Crippen LogP contribution in [0.4, 0.5) is 51.7 Å². The van der Waals surface area contributed by atoms with Gasteiger partial charge < -0.3 is 25.0 Å². The van der Waals surface area contributed by atoms with Crippen LogP contribution in [0.1, 0.15) is 22.8 Å². The summed E-state index contributed by atoms with van der Waals surface area (Å²) in [5, 5.41) is 62.9. The predicted octanol–water partition coefficient (Wildman–Crippen LogP) is 10.2. The van der Waals surface area contributed by atoms with Crippen molar-refractivity contribution in [1.82, 2.24) is 15.0 Å². The van der Waals surface area contributed by atoms with Gasteiger partial charge in [0.1, 0.15) is 28.6 Å². The maximum Gasteiger partial charge on any atom is 0.351 e. The van der Waals surface area contributed by atoms with Crippen LogP contribution in [0.15, 0.2) is 124 Å². The van der Waals surface area contributed by atoms with Crippen molar-refractivity contribution in [3.05, 3.63) is 100 Å². The van der Waals surface area contributed by atoms with Crippen LogP contribution in [0.5, 0.6) is 17.2 Å². The normalized spacial score (nSPS) is 11.7. The summed E-state index contributed by atoms with van der Waals surface area (Å²) >= 11 is 0.565. The molecule has 0 saturated carbocycles. The second-order valence-electron chi connectivity index (χ2n) is 11.6. The van der Waals surface area contributed by atoms with Crippen LogP contribution >= 0.6 is 12.0 Å². The number of rotatable bonds is 15. The number of phenolic OH excluding ortho intramolecular Hbond substituents is 1. The van der Waals surface area contributed by atoms with Crippen LogP contribution in [-0.4, -0.2) is 56.8 Å². The number of hydrogen-bond donors (Lipinski definition) is 5. The van der Waals surface area contributed by atoms with Crippen LogP contribution in [0.3, 0.4) is 0 Å². The lowest BCUT2D eigenvalue weighted by atomic mass is 10.1. The van der Waals surface area contributed by atoms with Gasteiger partial charge in [-0.3, -0.25) is 4.98 Å². The van der Waals surface area contributed by atoms with E-state index in [0.29, 0.717) is 74.0 Å². The zero-order valence-corrected chi connectivity index (χ0v) is 31.6. The number of nitrogens with zero attached hydrogens (tertiary/aromatic N) is 9. The number of aryl methyl sites for hydroxylation is 1. The van der Waals surface area contributed by atoms with Crippen molar-refractivity contribution in [1.29, 1.82) is 0 Å². The third-order valence-corrected chi connectivity index (χ3v) is 8.58. The van der Waals surface area contributed by atoms with Crippen molar-refractivity contribution in [3.63, 3.8) is 0 Å². The summed E-state index contributed by atoms with van der Waals surface area (Å²) in [6.07, 6.45) is 1.45. The van der Waals surface area contributed by atoms with Gasteiger partial charge in [-0.25, -0.2) is 19.8 Å². The summed E-state index contributed by atoms with van der Waals surface area (Å²) in [6.45, 7) is 3.46. The molecule has 20 nitrogen and oxygen atoms in total. The topological polar surface area (TPSA) is 272 Å². The Hall–Kier alpha value is -7.46. The Morgan fingerprint density at radius 2 is 1.50 bits per heavy atom. The predicted molar refractivity (Wildman–Crippen MR) is 213 cm³/mol. The van der Waals surface area contributed by atoms with E-state index in [1.54, 1.807) is 68.4 Å². The highest BCUT2D eigenvalue weighted by Crippen LogP contribution is 2.46. The number of carboxylic acids is 1. The SMILES string of the molecule is CC=Nc1nc(Nc2cccc3c(O)c(N=Nc4ccc(N=Nc5cc(OC)c(N=Nc6ccc(C(=O)O)cc6)cc5OC)c(C)c4)c(SOOO)cc23)[nH]c(=O)n1. The van der Waals surface area contributed by atoms with Crippen molar-refractivity contribution in [2.75, 3.05) is 19.5 Å². The molecule has 5 aromatic carbocycles. The maximum atomic E-state index is 12.1. The number of aromatic carboxylic acids is 1. The maximum absolute atomic E-state index is 12.1. The number of H-pyrrole nitrogens is 1. The summed E-state index contributed by atoms with van der Waals surface area (Å²) in [7, 11) is 2.93. The summed E-state index contributed by atoms with van der Waals surface area (Å²) in [5.41, 5.74) is 2.62. The van der Waals surface area contributed by atoms with E-state index in [4.69, 9.17) is 24.2 Å². The minimum absolute atomic E-state index is 0.00301. The number of carbonyl (C=O) groups is 1. The molecule has 0 aliphatic heterocycles. The van der Waals surface area contributed by atoms with Crippen LogP contribution in [0, 0.1) is 6.92 Å². The number of benzene rings is 5. The van der Waals surface area contributed by atoms with Gasteiger partial charge in [0, 0.05) is 34.8 Å². The first-order valence-electron chi connectivity index (χ1n) is 16.7. The lowest BCUT2D eigenvalue weighted by Crippen LogP contribution is -2.13. The van der Waals surface area contributed by atoms with E-state index in [1.165, 1.54) is 44.7 Å². The molecule has 0 saturated heterocycles. The number of carboxylic acid groups (broad SMARTS) is 1. The third-order valence-electron chi connectivity index (χ3n) is 7.96. The van der Waals surface area contributed by atoms with Crippen LogP contribution < -0.4 is 20.5 Å². The molecule has 0 bridgehead atoms. The number of aliphatic imine (C=N–C) groups is 1. The Morgan fingerprint density at radius 3 is 2.16 bits per heavy atom. The number of azo groups is 3. The molecular formula is C37H31N11O9S. The van der Waals surface area contributed by atoms with Crippen molar-refractivity contribution < 1.29 is 39.1 Å². The summed E-state index contributed by atoms with van der Waals surface area (Å²) in [4.78, 5) is 37.8. The number of aromatic hydroxyl groups is 1. The average Bonchev–Trinajstić information content (AvgIpc) is 3.21. The highest BCUT2D eigenvalue weighted by Gasteiger charge is 2.18. The Labute approximate surface area is 331 Å². The molecule has 0 unspecified atom stereocenters. The monoisotopic (exact) mass is 805 g/mol. The Morgan fingerprint density at radius 1 is 0.828 bits per heavy atom. The van der Waals surface area contributed by atoms with Crippen LogP contribution in [0.25, 0.3) is 10.8 Å². The van der Waals surface area contributed by atoms with Crippen molar-refractivity contribution >= 4 is 86.7 Å². The molecular weight excluding hydrogens is 775 g/mol. The molecule has 5 N–H and O–H groups in total. The molecule has 21 heteroatoms. The van der Waals surface area contributed by atoms with E-state index in [1.807, 2.05) is 0 Å². The molecule has 6 rings (SSSR count).